The van der Waals surface area contributed by atoms with E-state index >= 15 is 4.39 Å². The number of benzene rings is 2. The highest BCUT2D eigenvalue weighted by Crippen LogP contribution is 2.28. The van der Waals surface area contributed by atoms with Crippen molar-refractivity contribution in [3.05, 3.63) is 82.1 Å². The zero-order valence-electron chi connectivity index (χ0n) is 19.0. The van der Waals surface area contributed by atoms with E-state index < -0.39 is 51.6 Å². The number of halogens is 3. The highest BCUT2D eigenvalue weighted by atomic mass is 79.9. The molecule has 9 nitrogen and oxygen atoms in total. The smallest absolute Gasteiger partial charge is 0.423 e. The van der Waals surface area contributed by atoms with Crippen LogP contribution >= 0.6 is 15.9 Å². The molecule has 2 aromatic heterocycles. The van der Waals surface area contributed by atoms with Gasteiger partial charge in [-0.2, -0.15) is 0 Å². The number of ketones is 1. The SMILES string of the molecule is Nc1cccc(B(O)OCCCS(=O)(=O)Nc2ccc(F)c(C(=O)c3c[nH]c4ncc(Br)cc34)c2F)c1. The van der Waals surface area contributed by atoms with Crippen LogP contribution in [0.5, 0.6) is 0 Å². The van der Waals surface area contributed by atoms with Crippen LogP contribution in [-0.4, -0.2) is 48.7 Å². The molecule has 2 aromatic carbocycles. The summed E-state index contributed by atoms with van der Waals surface area (Å²) in [5, 5.41) is 10.4. The molecule has 2 heterocycles. The van der Waals surface area contributed by atoms with Crippen LogP contribution in [0.2, 0.25) is 0 Å². The number of hydrogen-bond donors (Lipinski definition) is 4. The van der Waals surface area contributed by atoms with Crippen LogP contribution in [0.25, 0.3) is 11.0 Å². The molecule has 0 aliphatic rings. The minimum Gasteiger partial charge on any atom is -0.423 e. The topological polar surface area (TPSA) is 147 Å². The van der Waals surface area contributed by atoms with Crippen LogP contribution in [-0.2, 0) is 14.7 Å². The number of hydrogen-bond acceptors (Lipinski definition) is 7. The molecule has 0 saturated heterocycles. The minimum atomic E-state index is -4.10. The number of anilines is 2. The number of pyridine rings is 1. The average Bonchev–Trinajstić information content (AvgIpc) is 3.26. The van der Waals surface area contributed by atoms with Crippen LogP contribution in [0.1, 0.15) is 22.3 Å². The van der Waals surface area contributed by atoms with Gasteiger partial charge >= 0.3 is 7.12 Å². The maximum absolute atomic E-state index is 15.2. The number of aromatic amines is 1. The fourth-order valence-electron chi connectivity index (χ4n) is 3.61. The third-order valence-corrected chi connectivity index (χ3v) is 7.15. The standard InChI is InChI=1S/C23H20BBrF2N4O5S/c25-14-10-16-17(12-30-23(16)29-11-14)22(32)20-18(26)5-6-19(21(20)27)31-37(34,35)8-2-7-36-24(33)13-3-1-4-15(28)9-13/h1,3-6,9-12,31,33H,2,7-8,28H2,(H,29,30). The number of nitrogens with two attached hydrogens (primary N) is 1. The van der Waals surface area contributed by atoms with Crippen molar-refractivity contribution < 1.29 is 31.7 Å². The first kappa shape index (κ1) is 26.7. The van der Waals surface area contributed by atoms with Gasteiger partial charge in [0.25, 0.3) is 0 Å². The lowest BCUT2D eigenvalue weighted by Gasteiger charge is -2.12. The molecule has 0 amide bonds. The van der Waals surface area contributed by atoms with Crippen molar-refractivity contribution in [1.29, 1.82) is 0 Å². The first-order valence-corrected chi connectivity index (χ1v) is 13.3. The second-order valence-electron chi connectivity index (χ2n) is 8.03. The summed E-state index contributed by atoms with van der Waals surface area (Å²) < 4.78 is 62.6. The molecule has 4 aromatic rings. The van der Waals surface area contributed by atoms with Crippen molar-refractivity contribution in [1.82, 2.24) is 9.97 Å². The van der Waals surface area contributed by atoms with Crippen LogP contribution < -0.4 is 15.9 Å². The highest BCUT2D eigenvalue weighted by molar-refractivity contribution is 9.10. The molecule has 0 atom stereocenters. The Hall–Kier alpha value is -3.33. The first-order chi connectivity index (χ1) is 17.6. The molecule has 37 heavy (non-hydrogen) atoms. The van der Waals surface area contributed by atoms with E-state index in [0.29, 0.717) is 26.7 Å². The van der Waals surface area contributed by atoms with Crippen LogP contribution in [0.15, 0.2) is 59.3 Å². The van der Waals surface area contributed by atoms with Gasteiger partial charge in [0.2, 0.25) is 15.8 Å². The van der Waals surface area contributed by atoms with Gasteiger partial charge in [-0.25, -0.2) is 22.2 Å². The Balaban J connectivity index is 1.45. The molecule has 0 spiro atoms. The van der Waals surface area contributed by atoms with E-state index in [1.165, 1.54) is 18.5 Å². The lowest BCUT2D eigenvalue weighted by Crippen LogP contribution is -2.34. The third kappa shape index (κ3) is 6.16. The van der Waals surface area contributed by atoms with E-state index in [1.807, 2.05) is 4.72 Å². The molecule has 0 aliphatic carbocycles. The summed E-state index contributed by atoms with van der Waals surface area (Å²) in [5.74, 6) is -3.96. The number of aromatic nitrogens is 2. The van der Waals surface area contributed by atoms with Gasteiger partial charge < -0.3 is 20.4 Å². The van der Waals surface area contributed by atoms with Crippen LogP contribution in [0, 0.1) is 11.6 Å². The molecule has 192 valence electrons. The number of H-pyrrole nitrogens is 1. The van der Waals surface area contributed by atoms with Crippen molar-refractivity contribution in [3.63, 3.8) is 0 Å². The maximum Gasteiger partial charge on any atom is 0.491 e. The maximum atomic E-state index is 15.2. The molecule has 0 saturated carbocycles. The fraction of sp³-hybridized carbons (Fsp3) is 0.130. The predicted molar refractivity (Wildman–Crippen MR) is 140 cm³/mol. The first-order valence-electron chi connectivity index (χ1n) is 10.9. The summed E-state index contributed by atoms with van der Waals surface area (Å²) in [6.45, 7) is -0.128. The lowest BCUT2D eigenvalue weighted by molar-refractivity contribution is 0.103. The molecule has 5 N–H and O–H groups in total. The van der Waals surface area contributed by atoms with E-state index in [-0.39, 0.29) is 18.6 Å². The van der Waals surface area contributed by atoms with E-state index in [2.05, 4.69) is 25.9 Å². The molecule has 0 fully saturated rings. The Morgan fingerprint density at radius 3 is 2.78 bits per heavy atom. The quantitative estimate of drug-likeness (QED) is 0.0957. The van der Waals surface area contributed by atoms with Gasteiger partial charge in [-0.15, -0.1) is 0 Å². The Kier molecular flexibility index (Phi) is 7.92. The predicted octanol–water partition coefficient (Wildman–Crippen LogP) is 2.95. The summed E-state index contributed by atoms with van der Waals surface area (Å²) in [6, 6.07) is 9.66. The van der Waals surface area contributed by atoms with Crippen molar-refractivity contribution >= 4 is 66.7 Å². The van der Waals surface area contributed by atoms with Gasteiger partial charge in [-0.05, 0) is 58.1 Å². The number of nitrogens with one attached hydrogen (secondary N) is 2. The van der Waals surface area contributed by atoms with Crippen molar-refractivity contribution in [2.45, 2.75) is 6.42 Å². The number of nitrogens with zero attached hydrogens (tertiary/aromatic N) is 1. The Labute approximate surface area is 219 Å². The summed E-state index contributed by atoms with van der Waals surface area (Å²) in [5.41, 5.74) is 5.32. The zero-order chi connectivity index (χ0) is 26.7. The van der Waals surface area contributed by atoms with E-state index in [0.717, 1.165) is 12.1 Å². The Bertz CT molecular complexity index is 1580. The Morgan fingerprint density at radius 2 is 2.03 bits per heavy atom. The van der Waals surface area contributed by atoms with Crippen molar-refractivity contribution in [2.24, 2.45) is 0 Å². The van der Waals surface area contributed by atoms with Gasteiger partial charge in [-0.3, -0.25) is 9.52 Å². The lowest BCUT2D eigenvalue weighted by atomic mass is 9.79. The molecular weight excluding hydrogens is 573 g/mol. The summed E-state index contributed by atoms with van der Waals surface area (Å²) in [6.07, 6.45) is 2.73. The Morgan fingerprint density at radius 1 is 1.24 bits per heavy atom. The molecule has 0 radical (unpaired) electrons. The molecule has 0 bridgehead atoms. The van der Waals surface area contributed by atoms with Gasteiger partial charge in [0.15, 0.2) is 5.82 Å². The summed E-state index contributed by atoms with van der Waals surface area (Å²) in [7, 11) is -5.41. The fourth-order valence-corrected chi connectivity index (χ4v) is 5.04. The molecular formula is C23H20BBrF2N4O5S. The minimum absolute atomic E-state index is 0.0301. The number of rotatable bonds is 10. The number of fused-ring (bicyclic) bond motifs is 1. The summed E-state index contributed by atoms with van der Waals surface area (Å²) in [4.78, 5) is 19.9. The molecule has 14 heteroatoms. The molecule has 0 aliphatic heterocycles. The van der Waals surface area contributed by atoms with Crippen LogP contribution in [0.3, 0.4) is 0 Å². The average molecular weight is 593 g/mol. The van der Waals surface area contributed by atoms with Gasteiger partial charge in [0.1, 0.15) is 11.5 Å². The normalized spacial score (nSPS) is 11.6. The van der Waals surface area contributed by atoms with E-state index in [4.69, 9.17) is 10.4 Å². The molecule has 4 rings (SSSR count). The third-order valence-electron chi connectivity index (χ3n) is 5.35. The van der Waals surface area contributed by atoms with Gasteiger partial charge in [0, 0.05) is 40.1 Å². The highest BCUT2D eigenvalue weighted by Gasteiger charge is 2.26. The number of carbonyl (C=O) groups is 1. The van der Waals surface area contributed by atoms with Crippen molar-refractivity contribution in [2.75, 3.05) is 22.8 Å². The number of carbonyl (C=O) groups excluding carboxylic acids is 1. The van der Waals surface area contributed by atoms with Gasteiger partial charge in [-0.1, -0.05) is 12.1 Å². The summed E-state index contributed by atoms with van der Waals surface area (Å²) >= 11 is 3.24. The number of nitrogen functional groups attached to an aromatic ring is 1. The largest absolute Gasteiger partial charge is 0.491 e. The van der Waals surface area contributed by atoms with Gasteiger partial charge in [0.05, 0.1) is 17.0 Å². The molecule has 0 unspecified atom stereocenters. The van der Waals surface area contributed by atoms with Crippen molar-refractivity contribution in [3.8, 4) is 0 Å². The second-order valence-corrected chi connectivity index (χ2v) is 10.8. The van der Waals surface area contributed by atoms with E-state index in [1.54, 1.807) is 24.3 Å². The van der Waals surface area contributed by atoms with Crippen LogP contribution in [0.4, 0.5) is 20.2 Å². The second kappa shape index (κ2) is 11.0. The zero-order valence-corrected chi connectivity index (χ0v) is 21.4. The monoisotopic (exact) mass is 592 g/mol. The number of sulfonamides is 1. The van der Waals surface area contributed by atoms with E-state index in [9.17, 15) is 22.6 Å².